The second-order valence-corrected chi connectivity index (χ2v) is 6.58. The molecule has 4 nitrogen and oxygen atoms in total. The predicted octanol–water partition coefficient (Wildman–Crippen LogP) is 3.99. The Morgan fingerprint density at radius 3 is 2.57 bits per heavy atom. The number of esters is 2. The highest BCUT2D eigenvalue weighted by molar-refractivity contribution is 5.93. The summed E-state index contributed by atoms with van der Waals surface area (Å²) in [5.41, 5.74) is -0.668. The van der Waals surface area contributed by atoms with Crippen molar-refractivity contribution < 1.29 is 19.1 Å². The summed E-state index contributed by atoms with van der Waals surface area (Å²) in [5.74, 6) is -0.390. The van der Waals surface area contributed by atoms with Crippen LogP contribution in [-0.4, -0.2) is 24.1 Å². The summed E-state index contributed by atoms with van der Waals surface area (Å²) in [5, 5.41) is 0. The predicted molar refractivity (Wildman–Crippen MR) is 88.0 cm³/mol. The molecule has 1 aromatic carbocycles. The molecule has 23 heavy (non-hydrogen) atoms. The molecule has 2 rings (SSSR count). The van der Waals surface area contributed by atoms with Gasteiger partial charge in [-0.2, -0.15) is 0 Å². The van der Waals surface area contributed by atoms with Gasteiger partial charge in [-0.3, -0.25) is 0 Å². The van der Waals surface area contributed by atoms with E-state index in [1.54, 1.807) is 31.2 Å². The van der Waals surface area contributed by atoms with Crippen molar-refractivity contribution in [3.63, 3.8) is 0 Å². The summed E-state index contributed by atoms with van der Waals surface area (Å²) in [4.78, 5) is 25.1. The summed E-state index contributed by atoms with van der Waals surface area (Å²) in [6.45, 7) is 6.30. The summed E-state index contributed by atoms with van der Waals surface area (Å²) in [7, 11) is 0. The average Bonchev–Trinajstić information content (AvgIpc) is 2.91. The number of hydrogen-bond donors (Lipinski definition) is 0. The first-order valence-electron chi connectivity index (χ1n) is 8.45. The van der Waals surface area contributed by atoms with Crippen molar-refractivity contribution in [1.82, 2.24) is 0 Å². The lowest BCUT2D eigenvalue weighted by atomic mass is 9.84. The van der Waals surface area contributed by atoms with Crippen LogP contribution in [0, 0.1) is 11.8 Å². The average molecular weight is 318 g/mol. The maximum Gasteiger partial charge on any atom is 0.350 e. The first-order chi connectivity index (χ1) is 11.0. The van der Waals surface area contributed by atoms with Crippen LogP contribution in [0.4, 0.5) is 0 Å². The molecule has 0 N–H and O–H groups in total. The summed E-state index contributed by atoms with van der Waals surface area (Å²) in [6.07, 6.45) is 3.15. The number of rotatable bonds is 6. The van der Waals surface area contributed by atoms with E-state index in [-0.39, 0.29) is 12.5 Å². The molecule has 0 radical (unpaired) electrons. The van der Waals surface area contributed by atoms with E-state index in [0.29, 0.717) is 17.9 Å². The number of benzene rings is 1. The van der Waals surface area contributed by atoms with E-state index in [1.165, 1.54) is 0 Å². The van der Waals surface area contributed by atoms with Gasteiger partial charge in [0.05, 0.1) is 12.2 Å². The molecule has 2 unspecified atom stereocenters. The van der Waals surface area contributed by atoms with Crippen molar-refractivity contribution in [1.29, 1.82) is 0 Å². The number of ether oxygens (including phenoxy) is 2. The quantitative estimate of drug-likeness (QED) is 0.744. The molecule has 1 fully saturated rings. The van der Waals surface area contributed by atoms with Crippen LogP contribution in [0.1, 0.15) is 56.8 Å². The van der Waals surface area contributed by atoms with Gasteiger partial charge in [0.15, 0.2) is 0 Å². The third-order valence-electron chi connectivity index (χ3n) is 4.42. The van der Waals surface area contributed by atoms with Crippen molar-refractivity contribution in [2.75, 3.05) is 6.61 Å². The standard InChI is InChI=1S/C19H26O4/c1-4-22-18(21)19(12-8-11-16(19)13-14(2)3)23-17(20)15-9-6-5-7-10-15/h5-7,9-10,14,16H,4,8,11-13H2,1-3H3. The monoisotopic (exact) mass is 318 g/mol. The molecule has 0 aromatic heterocycles. The van der Waals surface area contributed by atoms with Crippen LogP contribution in [0.5, 0.6) is 0 Å². The van der Waals surface area contributed by atoms with Gasteiger partial charge < -0.3 is 9.47 Å². The number of hydrogen-bond acceptors (Lipinski definition) is 4. The smallest absolute Gasteiger partial charge is 0.350 e. The van der Waals surface area contributed by atoms with Crippen LogP contribution in [0.3, 0.4) is 0 Å². The lowest BCUT2D eigenvalue weighted by Crippen LogP contribution is -2.48. The third kappa shape index (κ3) is 3.92. The molecule has 1 aliphatic rings. The number of carbonyl (C=O) groups is 2. The highest BCUT2D eigenvalue weighted by Crippen LogP contribution is 2.43. The van der Waals surface area contributed by atoms with Crippen LogP contribution >= 0.6 is 0 Å². The van der Waals surface area contributed by atoms with E-state index in [1.807, 2.05) is 6.07 Å². The van der Waals surface area contributed by atoms with E-state index < -0.39 is 17.5 Å². The van der Waals surface area contributed by atoms with Crippen molar-refractivity contribution >= 4 is 11.9 Å². The zero-order chi connectivity index (χ0) is 16.9. The van der Waals surface area contributed by atoms with Gasteiger partial charge in [-0.05, 0) is 50.7 Å². The zero-order valence-corrected chi connectivity index (χ0v) is 14.2. The van der Waals surface area contributed by atoms with Gasteiger partial charge in [0.25, 0.3) is 0 Å². The fraction of sp³-hybridized carbons (Fsp3) is 0.579. The second kappa shape index (κ2) is 7.62. The molecule has 0 aliphatic heterocycles. The van der Waals surface area contributed by atoms with Gasteiger partial charge in [-0.1, -0.05) is 32.0 Å². The van der Waals surface area contributed by atoms with Gasteiger partial charge >= 0.3 is 11.9 Å². The normalized spacial score (nSPS) is 23.7. The minimum absolute atomic E-state index is 0.0224. The molecule has 1 aliphatic carbocycles. The van der Waals surface area contributed by atoms with Gasteiger partial charge in [-0.25, -0.2) is 9.59 Å². The van der Waals surface area contributed by atoms with Crippen molar-refractivity contribution in [2.45, 2.75) is 52.1 Å². The van der Waals surface area contributed by atoms with Gasteiger partial charge in [0, 0.05) is 5.92 Å². The molecular weight excluding hydrogens is 292 g/mol. The first-order valence-corrected chi connectivity index (χ1v) is 8.45. The molecule has 4 heteroatoms. The van der Waals surface area contributed by atoms with Crippen molar-refractivity contribution in [3.05, 3.63) is 35.9 Å². The molecule has 0 saturated heterocycles. The van der Waals surface area contributed by atoms with Crippen LogP contribution < -0.4 is 0 Å². The molecule has 1 saturated carbocycles. The Balaban J connectivity index is 2.27. The molecule has 0 amide bonds. The fourth-order valence-electron chi connectivity index (χ4n) is 3.42. The topological polar surface area (TPSA) is 52.6 Å². The summed E-state index contributed by atoms with van der Waals surface area (Å²) < 4.78 is 11.1. The maximum absolute atomic E-state index is 12.6. The molecule has 2 atom stereocenters. The second-order valence-electron chi connectivity index (χ2n) is 6.58. The third-order valence-corrected chi connectivity index (χ3v) is 4.42. The lowest BCUT2D eigenvalue weighted by Gasteiger charge is -2.33. The maximum atomic E-state index is 12.6. The van der Waals surface area contributed by atoms with Gasteiger partial charge in [0.2, 0.25) is 5.60 Å². The fourth-order valence-corrected chi connectivity index (χ4v) is 3.42. The van der Waals surface area contributed by atoms with Crippen LogP contribution in [0.15, 0.2) is 30.3 Å². The number of carbonyl (C=O) groups excluding carboxylic acids is 2. The Kier molecular flexibility index (Phi) is 5.80. The highest BCUT2D eigenvalue weighted by Gasteiger charge is 2.53. The SMILES string of the molecule is CCOC(=O)C1(OC(=O)c2ccccc2)CCCC1CC(C)C. The zero-order valence-electron chi connectivity index (χ0n) is 14.2. The Bertz CT molecular complexity index is 538. The van der Waals surface area contributed by atoms with Gasteiger partial charge in [-0.15, -0.1) is 0 Å². The van der Waals surface area contributed by atoms with Gasteiger partial charge in [0.1, 0.15) is 0 Å². The van der Waals surface area contributed by atoms with Crippen molar-refractivity contribution in [3.8, 4) is 0 Å². The molecular formula is C19H26O4. The molecule has 0 bridgehead atoms. The van der Waals surface area contributed by atoms with Crippen LogP contribution in [0.2, 0.25) is 0 Å². The Hall–Kier alpha value is -1.84. The summed E-state index contributed by atoms with van der Waals surface area (Å²) >= 11 is 0. The molecule has 126 valence electrons. The van der Waals surface area contributed by atoms with E-state index in [2.05, 4.69) is 13.8 Å². The van der Waals surface area contributed by atoms with Crippen molar-refractivity contribution in [2.24, 2.45) is 11.8 Å². The van der Waals surface area contributed by atoms with E-state index in [4.69, 9.17) is 9.47 Å². The largest absolute Gasteiger partial charge is 0.463 e. The van der Waals surface area contributed by atoms with E-state index >= 15 is 0 Å². The summed E-state index contributed by atoms with van der Waals surface area (Å²) in [6, 6.07) is 8.82. The molecule has 0 heterocycles. The Labute approximate surface area is 138 Å². The van der Waals surface area contributed by atoms with E-state index in [0.717, 1.165) is 19.3 Å². The minimum atomic E-state index is -1.13. The first kappa shape index (κ1) is 17.5. The highest BCUT2D eigenvalue weighted by atomic mass is 16.6. The molecule has 1 aromatic rings. The molecule has 0 spiro atoms. The minimum Gasteiger partial charge on any atom is -0.463 e. The Morgan fingerprint density at radius 1 is 1.26 bits per heavy atom. The Morgan fingerprint density at radius 2 is 1.96 bits per heavy atom. The lowest BCUT2D eigenvalue weighted by molar-refractivity contribution is -0.170. The van der Waals surface area contributed by atoms with Crippen LogP contribution in [-0.2, 0) is 14.3 Å². The van der Waals surface area contributed by atoms with Crippen LogP contribution in [0.25, 0.3) is 0 Å². The van der Waals surface area contributed by atoms with E-state index in [9.17, 15) is 9.59 Å².